The number of hydrogen-bond donors (Lipinski definition) is 1. The van der Waals surface area contributed by atoms with E-state index < -0.39 is 0 Å². The molecule has 0 radical (unpaired) electrons. The van der Waals surface area contributed by atoms with Crippen LogP contribution in [0.5, 0.6) is 17.2 Å². The van der Waals surface area contributed by atoms with Gasteiger partial charge < -0.3 is 19.5 Å². The van der Waals surface area contributed by atoms with Gasteiger partial charge in [0.2, 0.25) is 0 Å². The zero-order valence-corrected chi connectivity index (χ0v) is 13.0. The Bertz CT molecular complexity index is 616. The summed E-state index contributed by atoms with van der Waals surface area (Å²) in [7, 11) is 4.87. The van der Waals surface area contributed by atoms with Crippen molar-refractivity contribution in [3.05, 3.63) is 47.0 Å². The van der Waals surface area contributed by atoms with Crippen LogP contribution < -0.4 is 19.5 Å². The van der Waals surface area contributed by atoms with E-state index in [9.17, 15) is 0 Å². The number of ether oxygens (including phenoxy) is 3. The standard InChI is InChI=1S/C16H18ClNO3/c1-19-13-6-4-11(15(9-13)20-2)10-18-12-5-7-14(17)16(8-12)21-3/h4-9,18H,10H2,1-3H3. The molecule has 0 fully saturated rings. The van der Waals surface area contributed by atoms with Gasteiger partial charge in [0.15, 0.2) is 0 Å². The van der Waals surface area contributed by atoms with Gasteiger partial charge in [0.25, 0.3) is 0 Å². The van der Waals surface area contributed by atoms with Gasteiger partial charge in [0, 0.05) is 29.9 Å². The van der Waals surface area contributed by atoms with E-state index in [1.807, 2.05) is 30.3 Å². The fraction of sp³-hybridized carbons (Fsp3) is 0.250. The first-order valence-corrected chi connectivity index (χ1v) is 6.84. The molecule has 2 rings (SSSR count). The first-order chi connectivity index (χ1) is 10.2. The summed E-state index contributed by atoms with van der Waals surface area (Å²) in [6, 6.07) is 11.3. The van der Waals surface area contributed by atoms with Crippen LogP contribution in [0.4, 0.5) is 5.69 Å². The lowest BCUT2D eigenvalue weighted by Gasteiger charge is -2.13. The molecule has 0 aliphatic carbocycles. The zero-order chi connectivity index (χ0) is 15.2. The van der Waals surface area contributed by atoms with Crippen LogP contribution in [0.3, 0.4) is 0 Å². The van der Waals surface area contributed by atoms with E-state index in [1.54, 1.807) is 27.4 Å². The minimum atomic E-state index is 0.588. The van der Waals surface area contributed by atoms with Crippen molar-refractivity contribution >= 4 is 17.3 Å². The normalized spacial score (nSPS) is 10.1. The van der Waals surface area contributed by atoms with Crippen molar-refractivity contribution in [2.45, 2.75) is 6.54 Å². The second-order valence-corrected chi connectivity index (χ2v) is 4.79. The first kappa shape index (κ1) is 15.3. The fourth-order valence-electron chi connectivity index (χ4n) is 1.96. The lowest BCUT2D eigenvalue weighted by Crippen LogP contribution is -2.02. The summed E-state index contributed by atoms with van der Waals surface area (Å²) < 4.78 is 15.8. The van der Waals surface area contributed by atoms with Gasteiger partial charge in [-0.05, 0) is 24.3 Å². The van der Waals surface area contributed by atoms with E-state index in [-0.39, 0.29) is 0 Å². The Balaban J connectivity index is 2.12. The van der Waals surface area contributed by atoms with E-state index in [1.165, 1.54) is 0 Å². The van der Waals surface area contributed by atoms with Crippen LogP contribution >= 0.6 is 11.6 Å². The molecule has 4 nitrogen and oxygen atoms in total. The molecule has 1 N–H and O–H groups in total. The number of rotatable bonds is 6. The van der Waals surface area contributed by atoms with E-state index >= 15 is 0 Å². The average Bonchev–Trinajstić information content (AvgIpc) is 2.53. The lowest BCUT2D eigenvalue weighted by molar-refractivity contribution is 0.391. The van der Waals surface area contributed by atoms with Gasteiger partial charge >= 0.3 is 0 Å². The van der Waals surface area contributed by atoms with Gasteiger partial charge in [-0.15, -0.1) is 0 Å². The van der Waals surface area contributed by atoms with Crippen LogP contribution in [0, 0.1) is 0 Å². The second-order valence-electron chi connectivity index (χ2n) is 4.38. The monoisotopic (exact) mass is 307 g/mol. The largest absolute Gasteiger partial charge is 0.497 e. The van der Waals surface area contributed by atoms with Crippen molar-refractivity contribution in [2.24, 2.45) is 0 Å². The van der Waals surface area contributed by atoms with Gasteiger partial charge in [0.05, 0.1) is 26.4 Å². The Labute approximate surface area is 129 Å². The molecule has 21 heavy (non-hydrogen) atoms. The maximum absolute atomic E-state index is 6.01. The number of halogens is 1. The van der Waals surface area contributed by atoms with E-state index in [4.69, 9.17) is 25.8 Å². The summed E-state index contributed by atoms with van der Waals surface area (Å²) in [6.45, 7) is 0.623. The zero-order valence-electron chi connectivity index (χ0n) is 12.3. The summed E-state index contributed by atoms with van der Waals surface area (Å²) in [4.78, 5) is 0. The van der Waals surface area contributed by atoms with Crippen molar-refractivity contribution in [2.75, 3.05) is 26.6 Å². The molecule has 112 valence electrons. The van der Waals surface area contributed by atoms with Gasteiger partial charge in [-0.2, -0.15) is 0 Å². The van der Waals surface area contributed by atoms with Gasteiger partial charge in [-0.25, -0.2) is 0 Å². The predicted molar refractivity (Wildman–Crippen MR) is 84.9 cm³/mol. The topological polar surface area (TPSA) is 39.7 Å². The van der Waals surface area contributed by atoms with Crippen LogP contribution in [0.2, 0.25) is 5.02 Å². The Kier molecular flexibility index (Phi) is 5.17. The van der Waals surface area contributed by atoms with E-state index in [0.29, 0.717) is 17.3 Å². The number of methoxy groups -OCH3 is 3. The molecule has 0 heterocycles. The smallest absolute Gasteiger partial charge is 0.139 e. The minimum absolute atomic E-state index is 0.588. The lowest BCUT2D eigenvalue weighted by atomic mass is 10.2. The molecule has 0 saturated heterocycles. The highest BCUT2D eigenvalue weighted by molar-refractivity contribution is 6.32. The molecule has 0 saturated carbocycles. The van der Waals surface area contributed by atoms with Crippen molar-refractivity contribution in [1.29, 1.82) is 0 Å². The van der Waals surface area contributed by atoms with E-state index in [0.717, 1.165) is 22.7 Å². The van der Waals surface area contributed by atoms with Crippen LogP contribution in [0.15, 0.2) is 36.4 Å². The molecule has 2 aromatic rings. The molecule has 0 amide bonds. The summed E-state index contributed by atoms with van der Waals surface area (Å²) in [5, 5.41) is 3.90. The van der Waals surface area contributed by atoms with E-state index in [2.05, 4.69) is 5.32 Å². The molecule has 0 bridgehead atoms. The highest BCUT2D eigenvalue weighted by Gasteiger charge is 2.06. The Hall–Kier alpha value is -2.07. The van der Waals surface area contributed by atoms with Crippen molar-refractivity contribution in [3.8, 4) is 17.2 Å². The molecule has 5 heteroatoms. The second kappa shape index (κ2) is 7.09. The highest BCUT2D eigenvalue weighted by Crippen LogP contribution is 2.29. The number of benzene rings is 2. The Morgan fingerprint density at radius 3 is 2.33 bits per heavy atom. The van der Waals surface area contributed by atoms with Gasteiger partial charge in [0.1, 0.15) is 17.2 Å². The molecule has 0 aliphatic rings. The summed E-state index contributed by atoms with van der Waals surface area (Å²) in [5.74, 6) is 2.19. The number of nitrogens with one attached hydrogen (secondary N) is 1. The first-order valence-electron chi connectivity index (χ1n) is 6.46. The third kappa shape index (κ3) is 3.73. The van der Waals surface area contributed by atoms with Crippen LogP contribution in [-0.4, -0.2) is 21.3 Å². The third-order valence-electron chi connectivity index (χ3n) is 3.13. The Morgan fingerprint density at radius 1 is 0.905 bits per heavy atom. The molecule has 2 aromatic carbocycles. The molecule has 0 atom stereocenters. The fourth-order valence-corrected chi connectivity index (χ4v) is 2.16. The number of anilines is 1. The van der Waals surface area contributed by atoms with Gasteiger partial charge in [-0.1, -0.05) is 11.6 Å². The molecule has 0 aromatic heterocycles. The molecule has 0 spiro atoms. The van der Waals surface area contributed by atoms with Crippen molar-refractivity contribution in [1.82, 2.24) is 0 Å². The van der Waals surface area contributed by atoms with Crippen molar-refractivity contribution in [3.63, 3.8) is 0 Å². The third-order valence-corrected chi connectivity index (χ3v) is 3.44. The molecular formula is C16H18ClNO3. The molecular weight excluding hydrogens is 290 g/mol. The average molecular weight is 308 g/mol. The maximum Gasteiger partial charge on any atom is 0.139 e. The Morgan fingerprint density at radius 2 is 1.67 bits per heavy atom. The highest BCUT2D eigenvalue weighted by atomic mass is 35.5. The molecule has 0 aliphatic heterocycles. The maximum atomic E-state index is 6.01. The number of hydrogen-bond acceptors (Lipinski definition) is 4. The minimum Gasteiger partial charge on any atom is -0.497 e. The SMILES string of the molecule is COc1ccc(CNc2ccc(Cl)c(OC)c2)c(OC)c1. The van der Waals surface area contributed by atoms with Crippen LogP contribution in [0.25, 0.3) is 0 Å². The summed E-state index contributed by atoms with van der Waals surface area (Å²) >= 11 is 6.01. The quantitative estimate of drug-likeness (QED) is 0.876. The van der Waals surface area contributed by atoms with Crippen LogP contribution in [-0.2, 0) is 6.54 Å². The van der Waals surface area contributed by atoms with Crippen molar-refractivity contribution < 1.29 is 14.2 Å². The van der Waals surface area contributed by atoms with Crippen LogP contribution in [0.1, 0.15) is 5.56 Å². The predicted octanol–water partition coefficient (Wildman–Crippen LogP) is 3.98. The summed E-state index contributed by atoms with van der Waals surface area (Å²) in [6.07, 6.45) is 0. The summed E-state index contributed by atoms with van der Waals surface area (Å²) in [5.41, 5.74) is 1.96. The van der Waals surface area contributed by atoms with Gasteiger partial charge in [-0.3, -0.25) is 0 Å². The molecule has 0 unspecified atom stereocenters.